The number of anilines is 1. The fraction of sp³-hybridized carbons (Fsp3) is 0.533. The van der Waals surface area contributed by atoms with Gasteiger partial charge >= 0.3 is 0 Å². The molecule has 0 aromatic carbocycles. The lowest BCUT2D eigenvalue weighted by Gasteiger charge is -2.19. The molecule has 1 fully saturated rings. The zero-order valence-electron chi connectivity index (χ0n) is 12.9. The number of hydrogen-bond donors (Lipinski definition) is 1. The van der Waals surface area contributed by atoms with Crippen molar-refractivity contribution in [1.82, 2.24) is 15.1 Å². The Morgan fingerprint density at radius 2 is 2.05 bits per heavy atom. The minimum atomic E-state index is 0.0260. The summed E-state index contributed by atoms with van der Waals surface area (Å²) in [5.41, 5.74) is 8.85. The molecule has 2 aromatic heterocycles. The molecule has 1 aliphatic heterocycles. The topological polar surface area (TPSA) is 72.1 Å². The predicted octanol–water partition coefficient (Wildman–Crippen LogP) is 2.76. The van der Waals surface area contributed by atoms with Crippen LogP contribution in [-0.4, -0.2) is 34.1 Å². The molecule has 0 radical (unpaired) electrons. The number of rotatable bonds is 1. The van der Waals surface area contributed by atoms with Crippen LogP contribution in [0.5, 0.6) is 0 Å². The second-order valence-electron chi connectivity index (χ2n) is 6.58. The van der Waals surface area contributed by atoms with Crippen LogP contribution >= 0.6 is 11.3 Å². The fourth-order valence-corrected chi connectivity index (χ4v) is 3.90. The van der Waals surface area contributed by atoms with Crippen molar-refractivity contribution in [3.05, 3.63) is 16.1 Å². The largest absolute Gasteiger partial charge is 0.397 e. The molecule has 3 rings (SSSR count). The highest BCUT2D eigenvalue weighted by molar-refractivity contribution is 7.21. The van der Waals surface area contributed by atoms with E-state index in [1.54, 1.807) is 0 Å². The van der Waals surface area contributed by atoms with Gasteiger partial charge in [0, 0.05) is 18.5 Å². The van der Waals surface area contributed by atoms with E-state index in [0.717, 1.165) is 41.0 Å². The lowest BCUT2D eigenvalue weighted by atomic mass is 9.93. The van der Waals surface area contributed by atoms with Crippen molar-refractivity contribution in [2.24, 2.45) is 5.41 Å². The Bertz CT molecular complexity index is 735. The molecule has 21 heavy (non-hydrogen) atoms. The van der Waals surface area contributed by atoms with Gasteiger partial charge in [0.25, 0.3) is 5.91 Å². The van der Waals surface area contributed by atoms with Crippen molar-refractivity contribution in [2.75, 3.05) is 18.8 Å². The van der Waals surface area contributed by atoms with Gasteiger partial charge in [0.05, 0.1) is 11.4 Å². The molecule has 112 valence electrons. The summed E-state index contributed by atoms with van der Waals surface area (Å²) in [6.07, 6.45) is 1.03. The Morgan fingerprint density at radius 1 is 1.33 bits per heavy atom. The average molecular weight is 304 g/mol. The monoisotopic (exact) mass is 304 g/mol. The van der Waals surface area contributed by atoms with E-state index in [4.69, 9.17) is 5.73 Å². The number of amides is 1. The third-order valence-corrected chi connectivity index (χ3v) is 5.37. The van der Waals surface area contributed by atoms with Gasteiger partial charge in [0.15, 0.2) is 0 Å². The van der Waals surface area contributed by atoms with Crippen molar-refractivity contribution >= 4 is 33.1 Å². The van der Waals surface area contributed by atoms with Crippen LogP contribution in [0, 0.1) is 19.3 Å². The minimum absolute atomic E-state index is 0.0260. The standard InChI is InChI=1S/C15H20N4OS/c1-8-9(2)17-18-13-10(8)11(16)12(21-13)14(20)19-6-5-15(3,4)7-19/h5-7,16H2,1-4H3. The second kappa shape index (κ2) is 4.66. The van der Waals surface area contributed by atoms with Crippen molar-refractivity contribution in [3.63, 3.8) is 0 Å². The lowest BCUT2D eigenvalue weighted by Crippen LogP contribution is -2.30. The fourth-order valence-electron chi connectivity index (χ4n) is 2.83. The first kappa shape index (κ1) is 14.3. The molecule has 0 spiro atoms. The number of likely N-dealkylation sites (tertiary alicyclic amines) is 1. The van der Waals surface area contributed by atoms with Crippen molar-refractivity contribution in [3.8, 4) is 0 Å². The van der Waals surface area contributed by atoms with Gasteiger partial charge in [-0.05, 0) is 31.2 Å². The number of hydrogen-bond acceptors (Lipinski definition) is 5. The lowest BCUT2D eigenvalue weighted by molar-refractivity contribution is 0.0784. The number of nitrogens with two attached hydrogens (primary N) is 1. The Kier molecular flexibility index (Phi) is 3.16. The predicted molar refractivity (Wildman–Crippen MR) is 85.6 cm³/mol. The smallest absolute Gasteiger partial charge is 0.266 e. The summed E-state index contributed by atoms with van der Waals surface area (Å²) in [4.78, 5) is 16.0. The number of aryl methyl sites for hydroxylation is 2. The molecule has 2 aromatic rings. The zero-order valence-corrected chi connectivity index (χ0v) is 13.7. The van der Waals surface area contributed by atoms with Gasteiger partial charge in [-0.2, -0.15) is 5.10 Å². The molecule has 1 saturated heterocycles. The number of fused-ring (bicyclic) bond motifs is 1. The first-order chi connectivity index (χ1) is 9.80. The maximum absolute atomic E-state index is 12.7. The van der Waals surface area contributed by atoms with Gasteiger partial charge in [-0.15, -0.1) is 16.4 Å². The molecule has 1 aliphatic rings. The molecule has 0 saturated carbocycles. The molecule has 5 nitrogen and oxygen atoms in total. The molecular formula is C15H20N4OS. The number of thiophene rings is 1. The quantitative estimate of drug-likeness (QED) is 0.879. The van der Waals surface area contributed by atoms with Crippen LogP contribution in [0.4, 0.5) is 5.69 Å². The number of nitrogens with zero attached hydrogens (tertiary/aromatic N) is 3. The van der Waals surface area contributed by atoms with Gasteiger partial charge in [0.2, 0.25) is 0 Å². The van der Waals surface area contributed by atoms with Gasteiger partial charge < -0.3 is 10.6 Å². The molecule has 0 bridgehead atoms. The maximum Gasteiger partial charge on any atom is 0.266 e. The number of aromatic nitrogens is 2. The highest BCUT2D eigenvalue weighted by atomic mass is 32.1. The number of carbonyl (C=O) groups excluding carboxylic acids is 1. The van der Waals surface area contributed by atoms with Crippen LogP contribution in [0.1, 0.15) is 41.2 Å². The minimum Gasteiger partial charge on any atom is -0.397 e. The van der Waals surface area contributed by atoms with Crippen LogP contribution < -0.4 is 5.73 Å². The van der Waals surface area contributed by atoms with Crippen molar-refractivity contribution in [1.29, 1.82) is 0 Å². The third kappa shape index (κ3) is 2.27. The van der Waals surface area contributed by atoms with Gasteiger partial charge in [-0.1, -0.05) is 13.8 Å². The maximum atomic E-state index is 12.7. The van der Waals surface area contributed by atoms with Crippen LogP contribution in [-0.2, 0) is 0 Å². The van der Waals surface area contributed by atoms with Crippen LogP contribution in [0.15, 0.2) is 0 Å². The molecule has 1 amide bonds. The Labute approximate surface area is 128 Å². The number of carbonyl (C=O) groups is 1. The summed E-state index contributed by atoms with van der Waals surface area (Å²) in [7, 11) is 0. The molecule has 0 atom stereocenters. The average Bonchev–Trinajstić information content (AvgIpc) is 2.94. The first-order valence-electron chi connectivity index (χ1n) is 7.11. The van der Waals surface area contributed by atoms with Gasteiger partial charge in [0.1, 0.15) is 9.71 Å². The third-order valence-electron chi connectivity index (χ3n) is 4.29. The van der Waals surface area contributed by atoms with Crippen molar-refractivity contribution < 1.29 is 4.79 Å². The summed E-state index contributed by atoms with van der Waals surface area (Å²) in [6, 6.07) is 0. The van der Waals surface area contributed by atoms with E-state index >= 15 is 0 Å². The molecule has 0 unspecified atom stereocenters. The molecule has 6 heteroatoms. The first-order valence-corrected chi connectivity index (χ1v) is 7.93. The molecule has 2 N–H and O–H groups in total. The summed E-state index contributed by atoms with van der Waals surface area (Å²) < 4.78 is 0. The Balaban J connectivity index is 2.04. The van der Waals surface area contributed by atoms with E-state index in [-0.39, 0.29) is 11.3 Å². The van der Waals surface area contributed by atoms with Crippen LogP contribution in [0.2, 0.25) is 0 Å². The second-order valence-corrected chi connectivity index (χ2v) is 7.58. The van der Waals surface area contributed by atoms with Gasteiger partial charge in [-0.3, -0.25) is 4.79 Å². The van der Waals surface area contributed by atoms with E-state index in [1.165, 1.54) is 11.3 Å². The molecular weight excluding hydrogens is 284 g/mol. The van der Waals surface area contributed by atoms with E-state index < -0.39 is 0 Å². The highest BCUT2D eigenvalue weighted by Gasteiger charge is 2.34. The normalized spacial score (nSPS) is 17.6. The van der Waals surface area contributed by atoms with E-state index in [2.05, 4.69) is 24.0 Å². The van der Waals surface area contributed by atoms with Crippen LogP contribution in [0.3, 0.4) is 0 Å². The number of nitrogen functional groups attached to an aromatic ring is 1. The summed E-state index contributed by atoms with van der Waals surface area (Å²) in [5, 5.41) is 9.18. The SMILES string of the molecule is Cc1nnc2sc(C(=O)N3CCC(C)(C)C3)c(N)c2c1C. The molecule has 3 heterocycles. The Hall–Kier alpha value is -1.69. The van der Waals surface area contributed by atoms with E-state index in [9.17, 15) is 4.79 Å². The highest BCUT2D eigenvalue weighted by Crippen LogP contribution is 2.37. The van der Waals surface area contributed by atoms with E-state index in [0.29, 0.717) is 10.6 Å². The van der Waals surface area contributed by atoms with E-state index in [1.807, 2.05) is 18.7 Å². The van der Waals surface area contributed by atoms with Crippen molar-refractivity contribution in [2.45, 2.75) is 34.1 Å². The zero-order chi connectivity index (χ0) is 15.4. The summed E-state index contributed by atoms with van der Waals surface area (Å²) >= 11 is 1.35. The summed E-state index contributed by atoms with van der Waals surface area (Å²) in [6.45, 7) is 9.83. The molecule has 0 aliphatic carbocycles. The Morgan fingerprint density at radius 3 is 2.67 bits per heavy atom. The van der Waals surface area contributed by atoms with Crippen LogP contribution in [0.25, 0.3) is 10.2 Å². The summed E-state index contributed by atoms with van der Waals surface area (Å²) in [5.74, 6) is 0.0260. The van der Waals surface area contributed by atoms with Gasteiger partial charge in [-0.25, -0.2) is 0 Å².